The highest BCUT2D eigenvalue weighted by Crippen LogP contribution is 2.52. The van der Waals surface area contributed by atoms with E-state index in [1.165, 1.54) is 11.1 Å². The van der Waals surface area contributed by atoms with E-state index in [0.29, 0.717) is 17.6 Å². The van der Waals surface area contributed by atoms with Crippen molar-refractivity contribution in [2.45, 2.75) is 0 Å². The van der Waals surface area contributed by atoms with E-state index >= 15 is 0 Å². The molecule has 0 fully saturated rings. The topological polar surface area (TPSA) is 48.5 Å². The van der Waals surface area contributed by atoms with Crippen LogP contribution in [0.15, 0.2) is 297 Å². The van der Waals surface area contributed by atoms with Crippen LogP contribution in [-0.2, 0) is 0 Å². The standard InChI is InChI=1S/C75H49N5/c1-6-21-50(22-7-1)54-37-43-57(44-38-54)67-68(58-45-39-55(40-46-58)51-23-8-2-9-24-51)70-64-34-17-19-36-66(64)80(72(70)71-69(67)63-33-16-18-35-65(63)79(71)62-32-20-31-61(49-62)53-27-12-4-13-28-53)75-77-73(59-29-14-5-15-30-59)76-74(78-75)60-47-41-56(42-48-60)52-25-10-3-11-26-52/h1-49H. The van der Waals surface area contributed by atoms with Crippen molar-refractivity contribution in [3.8, 4) is 101 Å². The number of hydrogen-bond acceptors (Lipinski definition) is 3. The third kappa shape index (κ3) is 8.07. The van der Waals surface area contributed by atoms with Gasteiger partial charge >= 0.3 is 0 Å². The highest BCUT2D eigenvalue weighted by molar-refractivity contribution is 6.33. The summed E-state index contributed by atoms with van der Waals surface area (Å²) >= 11 is 0. The van der Waals surface area contributed by atoms with Crippen molar-refractivity contribution in [2.75, 3.05) is 0 Å². The van der Waals surface area contributed by atoms with Crippen molar-refractivity contribution in [3.05, 3.63) is 297 Å². The number of hydrogen-bond donors (Lipinski definition) is 0. The number of rotatable bonds is 10. The van der Waals surface area contributed by atoms with Crippen LogP contribution < -0.4 is 0 Å². The maximum absolute atomic E-state index is 5.59. The smallest absolute Gasteiger partial charge is 0.238 e. The molecule has 0 amide bonds. The van der Waals surface area contributed by atoms with Crippen LogP contribution in [0.2, 0.25) is 0 Å². The van der Waals surface area contributed by atoms with Crippen molar-refractivity contribution < 1.29 is 0 Å². The first-order valence-corrected chi connectivity index (χ1v) is 27.2. The minimum atomic E-state index is 0.522. The Bertz CT molecular complexity index is 4740. The van der Waals surface area contributed by atoms with Crippen molar-refractivity contribution >= 4 is 43.6 Å². The van der Waals surface area contributed by atoms with Crippen LogP contribution in [0, 0.1) is 0 Å². The summed E-state index contributed by atoms with van der Waals surface area (Å²) in [5.41, 5.74) is 20.6. The summed E-state index contributed by atoms with van der Waals surface area (Å²) in [6.45, 7) is 0. The Kier molecular flexibility index (Phi) is 11.4. The van der Waals surface area contributed by atoms with Crippen molar-refractivity contribution in [2.24, 2.45) is 0 Å². The van der Waals surface area contributed by atoms with Crippen LogP contribution in [0.25, 0.3) is 145 Å². The molecule has 0 spiro atoms. The number of benzene rings is 12. The van der Waals surface area contributed by atoms with Gasteiger partial charge in [0.2, 0.25) is 5.95 Å². The maximum Gasteiger partial charge on any atom is 0.238 e. The quantitative estimate of drug-likeness (QED) is 0.137. The number of nitrogens with zero attached hydrogens (tertiary/aromatic N) is 5. The van der Waals surface area contributed by atoms with Crippen LogP contribution in [-0.4, -0.2) is 24.1 Å². The summed E-state index contributed by atoms with van der Waals surface area (Å²) in [4.78, 5) is 16.4. The fourth-order valence-electron chi connectivity index (χ4n) is 11.9. The van der Waals surface area contributed by atoms with Gasteiger partial charge in [-0.2, -0.15) is 9.97 Å². The van der Waals surface area contributed by atoms with Crippen molar-refractivity contribution in [1.29, 1.82) is 0 Å². The van der Waals surface area contributed by atoms with Gasteiger partial charge in [0.15, 0.2) is 11.6 Å². The van der Waals surface area contributed by atoms with E-state index in [-0.39, 0.29) is 0 Å². The van der Waals surface area contributed by atoms with Gasteiger partial charge in [0.25, 0.3) is 0 Å². The molecule has 0 N–H and O–H groups in total. The number of aromatic nitrogens is 5. The zero-order chi connectivity index (χ0) is 52.9. The molecule has 0 aliphatic rings. The summed E-state index contributed by atoms with van der Waals surface area (Å²) in [7, 11) is 0. The summed E-state index contributed by atoms with van der Waals surface area (Å²) in [6.07, 6.45) is 0. The Hall–Kier alpha value is -10.8. The molecular formula is C75H49N5. The molecule has 3 heterocycles. The Balaban J connectivity index is 1.11. The molecule has 0 atom stereocenters. The second-order valence-electron chi connectivity index (χ2n) is 20.3. The van der Waals surface area contributed by atoms with Crippen molar-refractivity contribution in [1.82, 2.24) is 24.1 Å². The van der Waals surface area contributed by atoms with Crippen LogP contribution in [0.5, 0.6) is 0 Å². The van der Waals surface area contributed by atoms with Gasteiger partial charge in [0.05, 0.1) is 22.1 Å². The molecule has 0 unspecified atom stereocenters. The molecule has 0 aliphatic heterocycles. The van der Waals surface area contributed by atoms with Crippen LogP contribution in [0.1, 0.15) is 0 Å². The second-order valence-corrected chi connectivity index (χ2v) is 20.3. The van der Waals surface area contributed by atoms with Crippen LogP contribution in [0.4, 0.5) is 0 Å². The monoisotopic (exact) mass is 1020 g/mol. The minimum absolute atomic E-state index is 0.522. The third-order valence-corrected chi connectivity index (χ3v) is 15.6. The lowest BCUT2D eigenvalue weighted by molar-refractivity contribution is 0.953. The third-order valence-electron chi connectivity index (χ3n) is 15.6. The Labute approximate surface area is 463 Å². The summed E-state index contributed by atoms with van der Waals surface area (Å²) < 4.78 is 4.81. The second kappa shape index (κ2) is 19.7. The van der Waals surface area contributed by atoms with Gasteiger partial charge in [0.1, 0.15) is 0 Å². The molecule has 374 valence electrons. The maximum atomic E-state index is 5.59. The minimum Gasteiger partial charge on any atom is -0.307 e. The van der Waals surface area contributed by atoms with E-state index in [9.17, 15) is 0 Å². The fourth-order valence-corrected chi connectivity index (χ4v) is 11.9. The lowest BCUT2D eigenvalue weighted by Gasteiger charge is -2.19. The number of fused-ring (bicyclic) bond motifs is 7. The van der Waals surface area contributed by atoms with Gasteiger partial charge in [-0.15, -0.1) is 0 Å². The summed E-state index contributed by atoms with van der Waals surface area (Å²) in [5.74, 6) is 1.69. The normalized spacial score (nSPS) is 11.5. The highest BCUT2D eigenvalue weighted by atomic mass is 15.2. The van der Waals surface area contributed by atoms with E-state index in [4.69, 9.17) is 15.0 Å². The van der Waals surface area contributed by atoms with Gasteiger partial charge in [-0.3, -0.25) is 4.57 Å². The molecule has 0 radical (unpaired) electrons. The molecule has 0 saturated carbocycles. The van der Waals surface area contributed by atoms with E-state index in [1.54, 1.807) is 0 Å². The molecule has 5 nitrogen and oxygen atoms in total. The lowest BCUT2D eigenvalue weighted by atomic mass is 9.86. The Morgan fingerprint density at radius 1 is 0.225 bits per heavy atom. The molecule has 0 bridgehead atoms. The van der Waals surface area contributed by atoms with E-state index < -0.39 is 0 Å². The summed E-state index contributed by atoms with van der Waals surface area (Å²) in [6, 6.07) is 106. The Morgan fingerprint density at radius 2 is 0.537 bits per heavy atom. The van der Waals surface area contributed by atoms with E-state index in [1.807, 2.05) is 24.3 Å². The first kappa shape index (κ1) is 46.5. The van der Waals surface area contributed by atoms with E-state index in [0.717, 1.165) is 116 Å². The molecule has 15 rings (SSSR count). The van der Waals surface area contributed by atoms with E-state index in [2.05, 4.69) is 282 Å². The summed E-state index contributed by atoms with van der Waals surface area (Å²) in [5, 5.41) is 4.45. The average Bonchev–Trinajstić information content (AvgIpc) is 4.12. The molecule has 15 aromatic rings. The zero-order valence-corrected chi connectivity index (χ0v) is 43.5. The average molecular weight is 1020 g/mol. The molecular weight excluding hydrogens is 971 g/mol. The lowest BCUT2D eigenvalue weighted by Crippen LogP contribution is -2.07. The van der Waals surface area contributed by atoms with Gasteiger partial charge in [0, 0.05) is 49.5 Å². The van der Waals surface area contributed by atoms with Crippen LogP contribution >= 0.6 is 0 Å². The Morgan fingerprint density at radius 3 is 0.988 bits per heavy atom. The fraction of sp³-hybridized carbons (Fsp3) is 0. The van der Waals surface area contributed by atoms with Crippen molar-refractivity contribution in [3.63, 3.8) is 0 Å². The molecule has 0 saturated heterocycles. The van der Waals surface area contributed by atoms with Gasteiger partial charge in [-0.25, -0.2) is 4.98 Å². The van der Waals surface area contributed by atoms with Crippen LogP contribution in [0.3, 0.4) is 0 Å². The van der Waals surface area contributed by atoms with Gasteiger partial charge < -0.3 is 4.57 Å². The first-order valence-electron chi connectivity index (χ1n) is 27.2. The van der Waals surface area contributed by atoms with Gasteiger partial charge in [-0.05, 0) is 79.9 Å². The molecule has 0 aliphatic carbocycles. The molecule has 12 aromatic carbocycles. The predicted molar refractivity (Wildman–Crippen MR) is 332 cm³/mol. The van der Waals surface area contributed by atoms with Gasteiger partial charge in [-0.1, -0.05) is 273 Å². The SMILES string of the molecule is c1ccc(-c2ccc(-c3nc(-c4ccccc4)nc(-n4c5ccccc5c5c(-c6ccc(-c7ccccc7)cc6)c(-c6ccc(-c7ccccc7)cc6)c6c7ccccc7n(-c7cccc(-c8ccccc8)c7)c6c54)n3)cc2)cc1. The number of para-hydroxylation sites is 2. The largest absolute Gasteiger partial charge is 0.307 e. The molecule has 5 heteroatoms. The molecule has 3 aromatic heterocycles. The molecule has 80 heavy (non-hydrogen) atoms. The first-order chi connectivity index (χ1) is 39.7. The zero-order valence-electron chi connectivity index (χ0n) is 43.5. The predicted octanol–water partition coefficient (Wildman–Crippen LogP) is 19.4. The highest BCUT2D eigenvalue weighted by Gasteiger charge is 2.30.